The molecule has 2 atom stereocenters. The standard InChI is InChI=1S/C29H21N5OS/c1-19-12-14-20(15-13-19)24-18-36-29(32-24)34-28(35)26(27(33-34)22-10-6-3-7-11-22)25(23(16-30)17-31)21-8-4-2-5-9-21/h2-15,18,23,25-26H,1H3/t25-,26-/m0/s1. The second-order valence-corrected chi connectivity index (χ2v) is 9.37. The molecule has 1 amide bonds. The van der Waals surface area contributed by atoms with Gasteiger partial charge in [-0.2, -0.15) is 20.6 Å². The molecule has 0 spiro atoms. The number of thiazole rings is 1. The van der Waals surface area contributed by atoms with E-state index < -0.39 is 17.8 Å². The molecule has 0 N–H and O–H groups in total. The number of hydrogen-bond acceptors (Lipinski definition) is 6. The lowest BCUT2D eigenvalue weighted by molar-refractivity contribution is -0.120. The Hall–Kier alpha value is -4.59. The summed E-state index contributed by atoms with van der Waals surface area (Å²) in [5.41, 5.74) is 4.90. The SMILES string of the molecule is Cc1ccc(-c2csc(N3N=C(c4ccccc4)[C@H]([C@@H](c4ccccc4)C(C#N)C#N)C3=O)n2)cc1. The Morgan fingerprint density at radius 3 is 2.17 bits per heavy atom. The number of aromatic nitrogens is 1. The predicted octanol–water partition coefficient (Wildman–Crippen LogP) is 5.93. The molecule has 0 saturated heterocycles. The van der Waals surface area contributed by atoms with E-state index in [1.54, 1.807) is 0 Å². The van der Waals surface area contributed by atoms with Crippen LogP contribution < -0.4 is 5.01 Å². The van der Waals surface area contributed by atoms with Crippen molar-refractivity contribution in [3.05, 3.63) is 107 Å². The Balaban J connectivity index is 1.60. The second kappa shape index (κ2) is 9.95. The molecule has 3 aromatic carbocycles. The number of amides is 1. The van der Waals surface area contributed by atoms with Crippen LogP contribution in [0.25, 0.3) is 11.3 Å². The molecule has 36 heavy (non-hydrogen) atoms. The summed E-state index contributed by atoms with van der Waals surface area (Å²) < 4.78 is 0. The number of hydrogen-bond donors (Lipinski definition) is 0. The number of hydrazone groups is 1. The first kappa shape index (κ1) is 23.2. The number of carbonyl (C=O) groups excluding carboxylic acids is 1. The Labute approximate surface area is 213 Å². The van der Waals surface area contributed by atoms with E-state index in [1.807, 2.05) is 97.2 Å². The lowest BCUT2D eigenvalue weighted by atomic mass is 9.74. The van der Waals surface area contributed by atoms with Crippen molar-refractivity contribution in [3.63, 3.8) is 0 Å². The van der Waals surface area contributed by atoms with Gasteiger partial charge in [0.15, 0.2) is 0 Å². The van der Waals surface area contributed by atoms with Gasteiger partial charge in [-0.25, -0.2) is 4.98 Å². The summed E-state index contributed by atoms with van der Waals surface area (Å²) in [6.45, 7) is 2.03. The van der Waals surface area contributed by atoms with Crippen molar-refractivity contribution in [3.8, 4) is 23.4 Å². The molecule has 5 rings (SSSR count). The second-order valence-electron chi connectivity index (χ2n) is 8.53. The van der Waals surface area contributed by atoms with Crippen LogP contribution in [0.5, 0.6) is 0 Å². The van der Waals surface area contributed by atoms with Crippen molar-refractivity contribution in [1.29, 1.82) is 10.5 Å². The van der Waals surface area contributed by atoms with E-state index >= 15 is 0 Å². The smallest absolute Gasteiger partial charge is 0.259 e. The summed E-state index contributed by atoms with van der Waals surface area (Å²) >= 11 is 1.33. The molecule has 0 unspecified atom stereocenters. The topological polar surface area (TPSA) is 93.1 Å². The summed E-state index contributed by atoms with van der Waals surface area (Å²) in [6.07, 6.45) is 0. The fraction of sp³-hybridized carbons (Fsp3) is 0.138. The van der Waals surface area contributed by atoms with Crippen LogP contribution in [-0.2, 0) is 4.79 Å². The zero-order valence-corrected chi connectivity index (χ0v) is 20.3. The minimum absolute atomic E-state index is 0.303. The van der Waals surface area contributed by atoms with Crippen LogP contribution in [0.1, 0.15) is 22.6 Å². The van der Waals surface area contributed by atoms with Crippen LogP contribution in [-0.4, -0.2) is 16.6 Å². The Bertz CT molecular complexity index is 1480. The van der Waals surface area contributed by atoms with Gasteiger partial charge in [-0.05, 0) is 18.1 Å². The molecular formula is C29H21N5OS. The molecule has 0 fully saturated rings. The van der Waals surface area contributed by atoms with Crippen molar-refractivity contribution in [1.82, 2.24) is 4.98 Å². The maximum Gasteiger partial charge on any atom is 0.259 e. The molecule has 6 nitrogen and oxygen atoms in total. The first-order chi connectivity index (χ1) is 17.6. The number of nitriles is 2. The van der Waals surface area contributed by atoms with Gasteiger partial charge in [0.25, 0.3) is 5.91 Å². The van der Waals surface area contributed by atoms with E-state index in [-0.39, 0.29) is 5.91 Å². The minimum Gasteiger partial charge on any atom is -0.272 e. The molecule has 0 aliphatic carbocycles. The van der Waals surface area contributed by atoms with Gasteiger partial charge < -0.3 is 0 Å². The Morgan fingerprint density at radius 1 is 0.889 bits per heavy atom. The Morgan fingerprint density at radius 2 is 1.53 bits per heavy atom. The van der Waals surface area contributed by atoms with E-state index in [0.29, 0.717) is 10.8 Å². The minimum atomic E-state index is -1.03. The van der Waals surface area contributed by atoms with Crippen LogP contribution in [0.4, 0.5) is 5.13 Å². The van der Waals surface area contributed by atoms with E-state index in [1.165, 1.54) is 16.3 Å². The van der Waals surface area contributed by atoms with Crippen LogP contribution >= 0.6 is 11.3 Å². The summed E-state index contributed by atoms with van der Waals surface area (Å²) in [5, 5.41) is 28.1. The maximum absolute atomic E-state index is 14.0. The van der Waals surface area contributed by atoms with E-state index in [2.05, 4.69) is 12.1 Å². The highest BCUT2D eigenvalue weighted by molar-refractivity contribution is 7.14. The van der Waals surface area contributed by atoms with Gasteiger partial charge in [-0.15, -0.1) is 11.3 Å². The number of aryl methyl sites for hydroxylation is 1. The summed E-state index contributed by atoms with van der Waals surface area (Å²) in [7, 11) is 0. The third kappa shape index (κ3) is 4.29. The third-order valence-electron chi connectivity index (χ3n) is 6.25. The van der Waals surface area contributed by atoms with Gasteiger partial charge >= 0.3 is 0 Å². The maximum atomic E-state index is 14.0. The number of rotatable bonds is 6. The summed E-state index contributed by atoms with van der Waals surface area (Å²) in [5.74, 6) is -2.84. The van der Waals surface area contributed by atoms with Crippen molar-refractivity contribution < 1.29 is 4.79 Å². The van der Waals surface area contributed by atoms with Gasteiger partial charge in [0, 0.05) is 16.9 Å². The van der Waals surface area contributed by atoms with Crippen molar-refractivity contribution in [2.75, 3.05) is 5.01 Å². The van der Waals surface area contributed by atoms with Crippen LogP contribution in [0.2, 0.25) is 0 Å². The normalized spacial score (nSPS) is 15.9. The highest BCUT2D eigenvalue weighted by Crippen LogP contribution is 2.41. The van der Waals surface area contributed by atoms with Gasteiger partial charge in [0.1, 0.15) is 5.92 Å². The molecule has 4 aromatic rings. The number of nitrogens with zero attached hydrogens (tertiary/aromatic N) is 5. The monoisotopic (exact) mass is 487 g/mol. The fourth-order valence-corrected chi connectivity index (χ4v) is 5.22. The molecule has 0 radical (unpaired) electrons. The molecule has 2 heterocycles. The molecule has 1 aliphatic heterocycles. The molecule has 174 valence electrons. The van der Waals surface area contributed by atoms with E-state index in [4.69, 9.17) is 10.1 Å². The first-order valence-corrected chi connectivity index (χ1v) is 12.3. The van der Waals surface area contributed by atoms with Gasteiger partial charge in [0.2, 0.25) is 5.13 Å². The quantitative estimate of drug-likeness (QED) is 0.337. The number of carbonyl (C=O) groups is 1. The molecule has 1 aromatic heterocycles. The van der Waals surface area contributed by atoms with E-state index in [0.717, 1.165) is 27.9 Å². The third-order valence-corrected chi connectivity index (χ3v) is 7.06. The van der Waals surface area contributed by atoms with Gasteiger partial charge in [0.05, 0.1) is 29.5 Å². The predicted molar refractivity (Wildman–Crippen MR) is 140 cm³/mol. The largest absolute Gasteiger partial charge is 0.272 e. The fourth-order valence-electron chi connectivity index (χ4n) is 4.44. The molecular weight excluding hydrogens is 466 g/mol. The first-order valence-electron chi connectivity index (χ1n) is 11.5. The zero-order valence-electron chi connectivity index (χ0n) is 19.4. The van der Waals surface area contributed by atoms with Crippen molar-refractivity contribution in [2.45, 2.75) is 12.8 Å². The van der Waals surface area contributed by atoms with Crippen molar-refractivity contribution >= 4 is 28.1 Å². The highest BCUT2D eigenvalue weighted by atomic mass is 32.1. The average molecular weight is 488 g/mol. The highest BCUT2D eigenvalue weighted by Gasteiger charge is 2.47. The summed E-state index contributed by atoms with van der Waals surface area (Å²) in [4.78, 5) is 18.7. The average Bonchev–Trinajstić information content (AvgIpc) is 3.53. The van der Waals surface area contributed by atoms with Crippen LogP contribution in [0.15, 0.2) is 95.4 Å². The molecule has 0 bridgehead atoms. The number of benzene rings is 3. The lowest BCUT2D eigenvalue weighted by Crippen LogP contribution is -2.35. The van der Waals surface area contributed by atoms with Gasteiger partial charge in [-0.3, -0.25) is 4.79 Å². The van der Waals surface area contributed by atoms with Crippen LogP contribution in [0, 0.1) is 41.4 Å². The molecule has 7 heteroatoms. The molecule has 1 aliphatic rings. The summed E-state index contributed by atoms with van der Waals surface area (Å²) in [6, 6.07) is 30.9. The zero-order chi connectivity index (χ0) is 25.1. The molecule has 0 saturated carbocycles. The van der Waals surface area contributed by atoms with Crippen molar-refractivity contribution in [2.24, 2.45) is 16.9 Å². The Kier molecular flexibility index (Phi) is 6.40. The lowest BCUT2D eigenvalue weighted by Gasteiger charge is -2.25. The van der Waals surface area contributed by atoms with Gasteiger partial charge in [-0.1, -0.05) is 90.5 Å². The van der Waals surface area contributed by atoms with E-state index in [9.17, 15) is 15.3 Å². The van der Waals surface area contributed by atoms with Crippen LogP contribution in [0.3, 0.4) is 0 Å². The number of anilines is 1.